The number of aryl methyl sites for hydroxylation is 4. The molecule has 32 heavy (non-hydrogen) atoms. The monoisotopic (exact) mass is 424 g/mol. The lowest BCUT2D eigenvalue weighted by Gasteiger charge is -2.07. The molecular formula is C26H24N4O2. The van der Waals surface area contributed by atoms with Crippen molar-refractivity contribution in [1.82, 2.24) is 19.7 Å². The fraction of sp³-hybridized carbons (Fsp3) is 0.192. The summed E-state index contributed by atoms with van der Waals surface area (Å²) in [5.74, 6) is 1.87. The number of hydrogen-bond acceptors (Lipinski definition) is 5. The summed E-state index contributed by atoms with van der Waals surface area (Å²) in [6.07, 6.45) is 0. The molecule has 160 valence electrons. The Kier molecular flexibility index (Phi) is 4.98. The lowest BCUT2D eigenvalue weighted by atomic mass is 10.1. The van der Waals surface area contributed by atoms with Gasteiger partial charge in [0.05, 0.1) is 11.4 Å². The Labute approximate surface area is 186 Å². The van der Waals surface area contributed by atoms with Gasteiger partial charge in [-0.05, 0) is 57.5 Å². The Morgan fingerprint density at radius 2 is 1.66 bits per heavy atom. The molecule has 0 N–H and O–H groups in total. The normalized spacial score (nSPS) is 11.2. The molecule has 0 saturated heterocycles. The Morgan fingerprint density at radius 3 is 2.41 bits per heavy atom. The second-order valence-corrected chi connectivity index (χ2v) is 7.99. The highest BCUT2D eigenvalue weighted by atomic mass is 16.5. The van der Waals surface area contributed by atoms with Gasteiger partial charge < -0.3 is 9.15 Å². The van der Waals surface area contributed by atoms with Crippen LogP contribution in [0.2, 0.25) is 0 Å². The zero-order chi connectivity index (χ0) is 22.2. The molecule has 0 aliphatic rings. The highest BCUT2D eigenvalue weighted by Crippen LogP contribution is 2.28. The number of nitrogens with zero attached hydrogens (tertiary/aromatic N) is 4. The van der Waals surface area contributed by atoms with Crippen LogP contribution < -0.4 is 4.74 Å². The molecule has 2 aromatic carbocycles. The molecule has 0 aliphatic heterocycles. The number of oxazole rings is 1. The Balaban J connectivity index is 1.44. The molecule has 3 heterocycles. The van der Waals surface area contributed by atoms with E-state index in [2.05, 4.69) is 18.8 Å². The number of hydrogen-bond donors (Lipinski definition) is 0. The smallest absolute Gasteiger partial charge is 0.226 e. The number of aromatic nitrogens is 4. The third-order valence-electron chi connectivity index (χ3n) is 5.54. The van der Waals surface area contributed by atoms with Crippen LogP contribution in [0.5, 0.6) is 5.88 Å². The summed E-state index contributed by atoms with van der Waals surface area (Å²) in [6.45, 7) is 8.29. The minimum Gasteiger partial charge on any atom is -0.471 e. The zero-order valence-corrected chi connectivity index (χ0v) is 18.6. The van der Waals surface area contributed by atoms with E-state index < -0.39 is 0 Å². The van der Waals surface area contributed by atoms with Crippen LogP contribution in [0.4, 0.5) is 0 Å². The third-order valence-corrected chi connectivity index (χ3v) is 5.54. The van der Waals surface area contributed by atoms with Gasteiger partial charge in [0.15, 0.2) is 5.65 Å². The van der Waals surface area contributed by atoms with E-state index in [1.54, 1.807) is 0 Å². The molecule has 0 amide bonds. The molecule has 5 aromatic rings. The highest BCUT2D eigenvalue weighted by Gasteiger charge is 2.16. The Bertz CT molecular complexity index is 1400. The first-order chi connectivity index (χ1) is 15.5. The Morgan fingerprint density at radius 1 is 0.906 bits per heavy atom. The SMILES string of the molecule is Cc1ccc(-c2nc(COc3cc(C)c4c(C)nn(-c5ccccc5)c4n3)c(C)o2)cc1. The van der Waals surface area contributed by atoms with Crippen LogP contribution >= 0.6 is 0 Å². The van der Waals surface area contributed by atoms with Gasteiger partial charge in [0.25, 0.3) is 0 Å². The van der Waals surface area contributed by atoms with E-state index in [0.717, 1.165) is 45.0 Å². The van der Waals surface area contributed by atoms with Crippen LogP contribution in [0.3, 0.4) is 0 Å². The van der Waals surface area contributed by atoms with E-state index in [4.69, 9.17) is 19.2 Å². The molecular weight excluding hydrogens is 400 g/mol. The number of benzene rings is 2. The quantitative estimate of drug-likeness (QED) is 0.352. The van der Waals surface area contributed by atoms with Gasteiger partial charge in [0.1, 0.15) is 18.1 Å². The van der Waals surface area contributed by atoms with Crippen molar-refractivity contribution in [3.63, 3.8) is 0 Å². The van der Waals surface area contributed by atoms with E-state index in [9.17, 15) is 0 Å². The van der Waals surface area contributed by atoms with Crippen molar-refractivity contribution in [2.75, 3.05) is 0 Å². The average molecular weight is 425 g/mol. The lowest BCUT2D eigenvalue weighted by Crippen LogP contribution is -2.02. The Hall–Kier alpha value is -3.93. The van der Waals surface area contributed by atoms with Crippen molar-refractivity contribution in [3.05, 3.63) is 88.9 Å². The summed E-state index contributed by atoms with van der Waals surface area (Å²) >= 11 is 0. The van der Waals surface area contributed by atoms with E-state index in [-0.39, 0.29) is 6.61 Å². The molecule has 6 heteroatoms. The molecule has 5 rings (SSSR count). The summed E-state index contributed by atoms with van der Waals surface area (Å²) in [5, 5.41) is 5.75. The standard InChI is InChI=1S/C26H24N4O2/c1-16-10-12-20(13-11-16)26-27-22(19(4)32-26)15-31-23-14-17(2)24-18(3)29-30(25(24)28-23)21-8-6-5-7-9-21/h5-14H,15H2,1-4H3. The first-order valence-electron chi connectivity index (χ1n) is 10.6. The van der Waals surface area contributed by atoms with Crippen molar-refractivity contribution < 1.29 is 9.15 Å². The lowest BCUT2D eigenvalue weighted by molar-refractivity contribution is 0.288. The molecule has 0 fully saturated rings. The highest BCUT2D eigenvalue weighted by molar-refractivity contribution is 5.83. The topological polar surface area (TPSA) is 66.0 Å². The predicted molar refractivity (Wildman–Crippen MR) is 124 cm³/mol. The van der Waals surface area contributed by atoms with E-state index >= 15 is 0 Å². The molecule has 6 nitrogen and oxygen atoms in total. The van der Waals surface area contributed by atoms with Gasteiger partial charge in [-0.25, -0.2) is 9.67 Å². The number of para-hydroxylation sites is 1. The van der Waals surface area contributed by atoms with Crippen molar-refractivity contribution >= 4 is 11.0 Å². The van der Waals surface area contributed by atoms with Crippen LogP contribution in [-0.4, -0.2) is 19.7 Å². The van der Waals surface area contributed by atoms with Crippen molar-refractivity contribution in [2.45, 2.75) is 34.3 Å². The summed E-state index contributed by atoms with van der Waals surface area (Å²) in [7, 11) is 0. The minimum absolute atomic E-state index is 0.275. The summed E-state index contributed by atoms with van der Waals surface area (Å²) in [6, 6.07) is 20.1. The maximum atomic E-state index is 6.06. The van der Waals surface area contributed by atoms with Crippen LogP contribution in [0.25, 0.3) is 28.2 Å². The fourth-order valence-electron chi connectivity index (χ4n) is 3.82. The van der Waals surface area contributed by atoms with Gasteiger partial charge in [0.2, 0.25) is 11.8 Å². The van der Waals surface area contributed by atoms with E-state index in [1.807, 2.05) is 79.2 Å². The number of pyridine rings is 1. The average Bonchev–Trinajstić information content (AvgIpc) is 3.33. The fourth-order valence-corrected chi connectivity index (χ4v) is 3.82. The molecule has 0 aliphatic carbocycles. The number of rotatable bonds is 5. The second-order valence-electron chi connectivity index (χ2n) is 7.99. The van der Waals surface area contributed by atoms with Crippen LogP contribution in [0.1, 0.15) is 28.3 Å². The maximum absolute atomic E-state index is 6.06. The van der Waals surface area contributed by atoms with Gasteiger partial charge in [-0.15, -0.1) is 0 Å². The molecule has 0 spiro atoms. The van der Waals surface area contributed by atoms with Crippen molar-refractivity contribution in [1.29, 1.82) is 0 Å². The first kappa shape index (κ1) is 20.0. The molecule has 0 saturated carbocycles. The van der Waals surface area contributed by atoms with Gasteiger partial charge in [0, 0.05) is 17.0 Å². The largest absolute Gasteiger partial charge is 0.471 e. The van der Waals surface area contributed by atoms with Gasteiger partial charge in [-0.1, -0.05) is 35.9 Å². The zero-order valence-electron chi connectivity index (χ0n) is 18.6. The van der Waals surface area contributed by atoms with E-state index in [0.29, 0.717) is 11.8 Å². The van der Waals surface area contributed by atoms with Crippen molar-refractivity contribution in [3.8, 4) is 23.0 Å². The summed E-state index contributed by atoms with van der Waals surface area (Å²) in [4.78, 5) is 9.41. The minimum atomic E-state index is 0.275. The number of fused-ring (bicyclic) bond motifs is 1. The summed E-state index contributed by atoms with van der Waals surface area (Å²) in [5.41, 5.74) is 6.65. The molecule has 0 radical (unpaired) electrons. The first-order valence-corrected chi connectivity index (χ1v) is 10.6. The van der Waals surface area contributed by atoms with Crippen molar-refractivity contribution in [2.24, 2.45) is 0 Å². The van der Waals surface area contributed by atoms with E-state index in [1.165, 1.54) is 5.56 Å². The third kappa shape index (κ3) is 3.64. The second kappa shape index (κ2) is 7.96. The van der Waals surface area contributed by atoms with Gasteiger partial charge in [-0.3, -0.25) is 0 Å². The van der Waals surface area contributed by atoms with Gasteiger partial charge >= 0.3 is 0 Å². The molecule has 3 aromatic heterocycles. The number of ether oxygens (including phenoxy) is 1. The van der Waals surface area contributed by atoms with Crippen LogP contribution in [0.15, 0.2) is 65.1 Å². The maximum Gasteiger partial charge on any atom is 0.226 e. The van der Waals surface area contributed by atoms with Gasteiger partial charge in [-0.2, -0.15) is 10.1 Å². The summed E-state index contributed by atoms with van der Waals surface area (Å²) < 4.78 is 13.8. The van der Waals surface area contributed by atoms with Crippen LogP contribution in [-0.2, 0) is 6.61 Å². The molecule has 0 bridgehead atoms. The van der Waals surface area contributed by atoms with Crippen LogP contribution in [0, 0.1) is 27.7 Å². The predicted octanol–water partition coefficient (Wildman–Crippen LogP) is 5.89. The molecule has 0 atom stereocenters. The molecule has 0 unspecified atom stereocenters.